The van der Waals surface area contributed by atoms with Crippen LogP contribution in [0.4, 0.5) is 4.39 Å². The first kappa shape index (κ1) is 27.1. The monoisotopic (exact) mass is 536 g/mol. The van der Waals surface area contributed by atoms with Gasteiger partial charge in [-0.1, -0.05) is 38.1 Å². The Morgan fingerprint density at radius 3 is 2.48 bits per heavy atom. The molecule has 0 unspecified atom stereocenters. The lowest BCUT2D eigenvalue weighted by molar-refractivity contribution is 0.335. The van der Waals surface area contributed by atoms with Crippen molar-refractivity contribution >= 4 is 17.1 Å². The molecule has 7 heteroatoms. The Balaban J connectivity index is 1.71. The lowest BCUT2D eigenvalue weighted by Gasteiger charge is -2.18. The van der Waals surface area contributed by atoms with E-state index in [-0.39, 0.29) is 17.3 Å². The number of benzene rings is 3. The molecule has 0 N–H and O–H groups in total. The maximum Gasteiger partial charge on any atom is 0.282 e. The van der Waals surface area contributed by atoms with Gasteiger partial charge in [-0.3, -0.25) is 4.79 Å². The van der Waals surface area contributed by atoms with E-state index < -0.39 is 0 Å². The number of nitrogens with zero attached hydrogens (tertiary/aromatic N) is 4. The molecule has 204 valence electrons. The van der Waals surface area contributed by atoms with E-state index in [1.165, 1.54) is 10.7 Å². The van der Waals surface area contributed by atoms with Crippen molar-refractivity contribution in [3.05, 3.63) is 111 Å². The Labute approximate surface area is 233 Å². The highest BCUT2D eigenvalue weighted by atomic mass is 19.1. The maximum atomic E-state index is 14.6. The smallest absolute Gasteiger partial charge is 0.282 e. The topological polar surface area (TPSA) is 61.4 Å². The van der Waals surface area contributed by atoms with Gasteiger partial charge in [-0.2, -0.15) is 9.78 Å². The minimum Gasteiger partial charge on any atom is -0.494 e. The number of aromatic nitrogens is 3. The highest BCUT2D eigenvalue weighted by molar-refractivity contribution is 5.84. The molecule has 0 radical (unpaired) electrons. The Bertz CT molecular complexity index is 1810. The first-order valence-electron chi connectivity index (χ1n) is 13.5. The van der Waals surface area contributed by atoms with E-state index in [2.05, 4.69) is 25.0 Å². The molecule has 0 atom stereocenters. The summed E-state index contributed by atoms with van der Waals surface area (Å²) in [5, 5.41) is 5.17. The lowest BCUT2D eigenvalue weighted by atomic mass is 9.96. The van der Waals surface area contributed by atoms with E-state index in [0.717, 1.165) is 39.4 Å². The minimum absolute atomic E-state index is 0.203. The second-order valence-electron chi connectivity index (χ2n) is 10.2. The molecular formula is C33H33FN4O2. The van der Waals surface area contributed by atoms with Gasteiger partial charge in [0.05, 0.1) is 29.4 Å². The quantitative estimate of drug-likeness (QED) is 0.205. The molecule has 0 aliphatic rings. The zero-order chi connectivity index (χ0) is 28.6. The van der Waals surface area contributed by atoms with Crippen LogP contribution in [0, 0.1) is 26.6 Å². The second kappa shape index (κ2) is 10.9. The van der Waals surface area contributed by atoms with Crippen LogP contribution < -0.4 is 10.3 Å². The molecule has 0 aliphatic carbocycles. The highest BCUT2D eigenvalue weighted by Crippen LogP contribution is 2.34. The van der Waals surface area contributed by atoms with Gasteiger partial charge in [0.15, 0.2) is 5.82 Å². The summed E-state index contributed by atoms with van der Waals surface area (Å²) in [6, 6.07) is 19.9. The number of hydrogen-bond donors (Lipinski definition) is 0. The molecule has 0 fully saturated rings. The van der Waals surface area contributed by atoms with Crippen LogP contribution in [0.3, 0.4) is 0 Å². The minimum atomic E-state index is -0.308. The van der Waals surface area contributed by atoms with Crippen LogP contribution in [-0.4, -0.2) is 27.0 Å². The average Bonchev–Trinajstić information content (AvgIpc) is 3.21. The number of halogens is 1. The number of para-hydroxylation sites is 2. The summed E-state index contributed by atoms with van der Waals surface area (Å²) >= 11 is 0. The van der Waals surface area contributed by atoms with Crippen molar-refractivity contribution in [2.24, 2.45) is 5.10 Å². The molecule has 0 aliphatic heterocycles. The van der Waals surface area contributed by atoms with Crippen LogP contribution in [0.1, 0.15) is 54.8 Å². The van der Waals surface area contributed by atoms with Crippen molar-refractivity contribution in [3.8, 4) is 22.8 Å². The molecule has 2 heterocycles. The highest BCUT2D eigenvalue weighted by Gasteiger charge is 2.19. The summed E-state index contributed by atoms with van der Waals surface area (Å²) in [6.45, 7) is 12.6. The van der Waals surface area contributed by atoms with Gasteiger partial charge >= 0.3 is 0 Å². The fourth-order valence-corrected chi connectivity index (χ4v) is 5.12. The van der Waals surface area contributed by atoms with Crippen LogP contribution in [0.25, 0.3) is 28.0 Å². The Hall–Kier alpha value is -4.52. The van der Waals surface area contributed by atoms with E-state index in [0.29, 0.717) is 29.0 Å². The van der Waals surface area contributed by atoms with Crippen molar-refractivity contribution in [1.29, 1.82) is 0 Å². The van der Waals surface area contributed by atoms with E-state index >= 15 is 0 Å². The van der Waals surface area contributed by atoms with Crippen LogP contribution >= 0.6 is 0 Å². The van der Waals surface area contributed by atoms with Crippen molar-refractivity contribution in [2.75, 3.05) is 6.61 Å². The number of ether oxygens (including phenoxy) is 1. The molecule has 5 aromatic rings. The summed E-state index contributed by atoms with van der Waals surface area (Å²) in [7, 11) is 0. The van der Waals surface area contributed by atoms with Gasteiger partial charge in [-0.15, -0.1) is 0 Å². The molecule has 2 aromatic heterocycles. The molecule has 0 saturated carbocycles. The van der Waals surface area contributed by atoms with Gasteiger partial charge in [-0.05, 0) is 87.2 Å². The van der Waals surface area contributed by atoms with Crippen LogP contribution in [0.2, 0.25) is 0 Å². The van der Waals surface area contributed by atoms with Gasteiger partial charge in [0, 0.05) is 22.5 Å². The molecule has 0 saturated heterocycles. The molecule has 0 amide bonds. The van der Waals surface area contributed by atoms with E-state index in [4.69, 9.17) is 9.72 Å². The number of fused-ring (bicyclic) bond motifs is 1. The third-order valence-electron chi connectivity index (χ3n) is 7.15. The van der Waals surface area contributed by atoms with Gasteiger partial charge in [0.1, 0.15) is 11.6 Å². The third kappa shape index (κ3) is 4.83. The summed E-state index contributed by atoms with van der Waals surface area (Å²) in [4.78, 5) is 18.7. The third-order valence-corrected chi connectivity index (χ3v) is 7.15. The second-order valence-corrected chi connectivity index (χ2v) is 10.2. The van der Waals surface area contributed by atoms with Gasteiger partial charge < -0.3 is 9.30 Å². The summed E-state index contributed by atoms with van der Waals surface area (Å²) < 4.78 is 23.8. The van der Waals surface area contributed by atoms with Crippen molar-refractivity contribution in [1.82, 2.24) is 14.2 Å². The SMILES string of the molecule is CCOc1cc(C)c(-c2nc3ccccc3c(=O)n2N=Cc2cc(C)n(-c3ccccc3F)c2C)cc1C(C)C. The summed E-state index contributed by atoms with van der Waals surface area (Å²) in [6.07, 6.45) is 1.65. The summed E-state index contributed by atoms with van der Waals surface area (Å²) in [5.41, 5.74) is 6.03. The molecular weight excluding hydrogens is 503 g/mol. The largest absolute Gasteiger partial charge is 0.494 e. The number of aryl methyl sites for hydroxylation is 2. The predicted octanol–water partition coefficient (Wildman–Crippen LogP) is 7.32. The molecule has 3 aromatic carbocycles. The first-order valence-corrected chi connectivity index (χ1v) is 13.5. The Morgan fingerprint density at radius 2 is 1.75 bits per heavy atom. The van der Waals surface area contributed by atoms with Crippen molar-refractivity contribution in [2.45, 2.75) is 47.5 Å². The van der Waals surface area contributed by atoms with E-state index in [1.807, 2.05) is 68.7 Å². The van der Waals surface area contributed by atoms with Crippen molar-refractivity contribution in [3.63, 3.8) is 0 Å². The Morgan fingerprint density at radius 1 is 1.02 bits per heavy atom. The zero-order valence-electron chi connectivity index (χ0n) is 23.7. The molecule has 40 heavy (non-hydrogen) atoms. The van der Waals surface area contributed by atoms with Gasteiger partial charge in [0.2, 0.25) is 0 Å². The molecule has 5 rings (SSSR count). The number of rotatable bonds is 7. The average molecular weight is 537 g/mol. The van der Waals surface area contributed by atoms with Crippen molar-refractivity contribution < 1.29 is 9.13 Å². The van der Waals surface area contributed by atoms with Gasteiger partial charge in [0.25, 0.3) is 5.56 Å². The van der Waals surface area contributed by atoms with Crippen LogP contribution in [0.15, 0.2) is 76.6 Å². The maximum absolute atomic E-state index is 14.6. The zero-order valence-corrected chi connectivity index (χ0v) is 23.7. The van der Waals surface area contributed by atoms with Gasteiger partial charge in [-0.25, -0.2) is 9.37 Å². The van der Waals surface area contributed by atoms with E-state index in [1.54, 1.807) is 24.4 Å². The first-order chi connectivity index (χ1) is 19.2. The van der Waals surface area contributed by atoms with Crippen LogP contribution in [0.5, 0.6) is 5.75 Å². The molecule has 0 bridgehead atoms. The summed E-state index contributed by atoms with van der Waals surface area (Å²) in [5.74, 6) is 1.17. The Kier molecular flexibility index (Phi) is 7.39. The normalized spacial score (nSPS) is 11.7. The standard InChI is InChI=1S/C33H33FN4O2/c1-7-40-31-16-21(4)27(18-26(31)20(2)3)32-36-29-14-10-8-12-25(29)33(39)38(32)35-19-24-17-22(5)37(23(24)6)30-15-11-9-13-28(30)34/h8-20H,7H2,1-6H3. The lowest BCUT2D eigenvalue weighted by Crippen LogP contribution is -2.21. The fraction of sp³-hybridized carbons (Fsp3) is 0.242. The molecule has 0 spiro atoms. The fourth-order valence-electron chi connectivity index (χ4n) is 5.12. The predicted molar refractivity (Wildman–Crippen MR) is 160 cm³/mol. The molecule has 6 nitrogen and oxygen atoms in total. The van der Waals surface area contributed by atoms with E-state index in [9.17, 15) is 9.18 Å². The van der Waals surface area contributed by atoms with Crippen LogP contribution in [-0.2, 0) is 0 Å². The number of hydrogen-bond acceptors (Lipinski definition) is 4.